The Morgan fingerprint density at radius 2 is 1.59 bits per heavy atom. The number of hydrogen-bond donors (Lipinski definition) is 4. The normalized spacial score (nSPS) is 21.4. The number of allylic oxidation sites excluding steroid dienone is 1. The van der Waals surface area contributed by atoms with Crippen LogP contribution in [0.5, 0.6) is 0 Å². The second-order valence-corrected chi connectivity index (χ2v) is 19.0. The van der Waals surface area contributed by atoms with Crippen molar-refractivity contribution in [3.05, 3.63) is 130 Å². The molecule has 0 radical (unpaired) electrons. The minimum absolute atomic E-state index is 0.106. The molecule has 4 aromatic rings. The molecule has 0 spiro atoms. The van der Waals surface area contributed by atoms with Gasteiger partial charge in [0, 0.05) is 76.3 Å². The summed E-state index contributed by atoms with van der Waals surface area (Å²) in [5.74, 6) is -0.0562. The first-order chi connectivity index (χ1) is 29.4. The summed E-state index contributed by atoms with van der Waals surface area (Å²) < 4.78 is 34.0. The molecule has 2 atom stereocenters. The molecule has 2 aliphatic carbocycles. The van der Waals surface area contributed by atoms with Crippen molar-refractivity contribution in [2.75, 3.05) is 56.2 Å². The first kappa shape index (κ1) is 42.1. The van der Waals surface area contributed by atoms with E-state index in [4.69, 9.17) is 4.74 Å². The molecule has 14 heteroatoms. The molecular formula is C47H55N6O7S+. The first-order valence-electron chi connectivity index (χ1n) is 21.2. The summed E-state index contributed by atoms with van der Waals surface area (Å²) in [5.41, 5.74) is 4.88. The second-order valence-electron chi connectivity index (χ2n) is 17.3. The molecule has 2 heterocycles. The smallest absolute Gasteiger partial charge is 0.340 e. The van der Waals surface area contributed by atoms with Gasteiger partial charge in [0.15, 0.2) is 0 Å². The molecule has 8 rings (SSSR count). The van der Waals surface area contributed by atoms with E-state index < -0.39 is 21.3 Å². The van der Waals surface area contributed by atoms with Gasteiger partial charge in [-0.1, -0.05) is 74.5 Å². The van der Waals surface area contributed by atoms with Crippen LogP contribution < -0.4 is 20.3 Å². The third-order valence-corrected chi connectivity index (χ3v) is 14.9. The highest BCUT2D eigenvalue weighted by Crippen LogP contribution is 2.68. The molecule has 4 aromatic carbocycles. The van der Waals surface area contributed by atoms with Crippen molar-refractivity contribution in [1.82, 2.24) is 14.9 Å². The molecule has 2 amide bonds. The highest BCUT2D eigenvalue weighted by Gasteiger charge is 2.64. The van der Waals surface area contributed by atoms with Crippen LogP contribution in [0.1, 0.15) is 66.6 Å². The van der Waals surface area contributed by atoms with Gasteiger partial charge in [0.05, 0.1) is 15.2 Å². The number of anilines is 2. The third-order valence-electron chi connectivity index (χ3n) is 13.6. The summed E-state index contributed by atoms with van der Waals surface area (Å²) in [5, 5.41) is 16.2. The van der Waals surface area contributed by atoms with Gasteiger partial charge in [0.1, 0.15) is 5.69 Å². The fourth-order valence-electron chi connectivity index (χ4n) is 9.85. The monoisotopic (exact) mass is 847 g/mol. The van der Waals surface area contributed by atoms with Crippen molar-refractivity contribution >= 4 is 44.5 Å². The van der Waals surface area contributed by atoms with Gasteiger partial charge in [-0.3, -0.25) is 14.5 Å². The molecule has 2 aliphatic heterocycles. The molecular weight excluding hydrogens is 793 g/mol. The van der Waals surface area contributed by atoms with Gasteiger partial charge in [0.25, 0.3) is 20.9 Å². The van der Waals surface area contributed by atoms with Gasteiger partial charge in [-0.15, -0.1) is 0 Å². The largest absolute Gasteiger partial charge is 0.381 e. The Kier molecular flexibility index (Phi) is 12.0. The van der Waals surface area contributed by atoms with E-state index in [-0.39, 0.29) is 38.1 Å². The summed E-state index contributed by atoms with van der Waals surface area (Å²) >= 11 is 0. The van der Waals surface area contributed by atoms with Gasteiger partial charge < -0.3 is 20.3 Å². The molecule has 4 N–H and O–H groups in total. The number of hydrogen-bond acceptors (Lipinski definition) is 9. The number of fused-ring (bicyclic) bond motifs is 2. The van der Waals surface area contributed by atoms with Crippen LogP contribution in [-0.2, 0) is 32.6 Å². The minimum atomic E-state index is -4.38. The molecule has 320 valence electrons. The van der Waals surface area contributed by atoms with Gasteiger partial charge in [-0.2, -0.15) is 0 Å². The number of benzene rings is 4. The van der Waals surface area contributed by atoms with E-state index in [1.165, 1.54) is 17.7 Å². The highest BCUT2D eigenvalue weighted by atomic mass is 32.2. The van der Waals surface area contributed by atoms with Crippen molar-refractivity contribution in [3.63, 3.8) is 0 Å². The lowest BCUT2D eigenvalue weighted by atomic mass is 9.63. The Labute approximate surface area is 357 Å². The van der Waals surface area contributed by atoms with Crippen LogP contribution in [0.3, 0.4) is 0 Å². The fourth-order valence-corrected chi connectivity index (χ4v) is 10.8. The number of nitrogens with one attached hydrogen (secondary N) is 3. The SMILES string of the molecule is CC1(C)C2C=C(c3ccccc3CN3CCN(c4ccc(C(=O)NS(=O)(=O)c5ccc(NCC6CCOCC6)c([N+](=O)O)c5)cc4)CC3)C1(C(=O)NCc1ccccc1)CC2. The molecule has 1 saturated carbocycles. The molecule has 0 aromatic heterocycles. The van der Waals surface area contributed by atoms with Crippen molar-refractivity contribution < 1.29 is 32.9 Å². The number of carbonyl (C=O) groups is 2. The Morgan fingerprint density at radius 3 is 2.30 bits per heavy atom. The number of rotatable bonds is 14. The van der Waals surface area contributed by atoms with Crippen LogP contribution >= 0.6 is 0 Å². The predicted molar refractivity (Wildman–Crippen MR) is 234 cm³/mol. The summed E-state index contributed by atoms with van der Waals surface area (Å²) in [6.45, 7) is 10.7. The first-order valence-corrected chi connectivity index (χ1v) is 22.7. The van der Waals surface area contributed by atoms with Gasteiger partial charge in [0.2, 0.25) is 5.91 Å². The molecule has 2 unspecified atom stereocenters. The lowest BCUT2D eigenvalue weighted by Crippen LogP contribution is -2.47. The van der Waals surface area contributed by atoms with Crippen LogP contribution in [0.25, 0.3) is 5.57 Å². The minimum Gasteiger partial charge on any atom is -0.381 e. The fraction of sp³-hybridized carbons (Fsp3) is 0.404. The third kappa shape index (κ3) is 8.53. The van der Waals surface area contributed by atoms with Crippen LogP contribution in [0, 0.1) is 27.6 Å². The number of amides is 2. The summed E-state index contributed by atoms with van der Waals surface area (Å²) in [6.07, 6.45) is 5.92. The highest BCUT2D eigenvalue weighted by molar-refractivity contribution is 7.90. The Morgan fingerprint density at radius 1 is 0.885 bits per heavy atom. The van der Waals surface area contributed by atoms with Crippen molar-refractivity contribution in [2.45, 2.75) is 57.5 Å². The molecule has 61 heavy (non-hydrogen) atoms. The summed E-state index contributed by atoms with van der Waals surface area (Å²) in [4.78, 5) is 43.4. The molecule has 4 aliphatic rings. The number of ether oxygens (including phenoxy) is 1. The quantitative estimate of drug-likeness (QED) is 0.0984. The summed E-state index contributed by atoms with van der Waals surface area (Å²) in [7, 11) is -4.38. The lowest BCUT2D eigenvalue weighted by molar-refractivity contribution is -0.729. The van der Waals surface area contributed by atoms with Crippen molar-refractivity contribution in [2.24, 2.45) is 22.7 Å². The number of piperazine rings is 1. The number of nitrogens with zero attached hydrogens (tertiary/aromatic N) is 3. The Balaban J connectivity index is 0.880. The van der Waals surface area contributed by atoms with E-state index in [2.05, 4.69) is 69.3 Å². The molecule has 3 fully saturated rings. The van der Waals surface area contributed by atoms with Crippen molar-refractivity contribution in [1.29, 1.82) is 0 Å². The standard InChI is InChI=1S/C47H54N6O7S/c1-46(2)37-18-21-47(46,45(55)49-31-33-8-4-3-5-9-33)41(28-37)40-11-7-6-10-36(40)32-51-22-24-52(25-23-51)38-14-12-35(13-15-38)44(54)50-61(58,59)39-16-17-42(43(29-39)53(56)57)48-30-34-19-26-60-27-20-34/h3-17,28-29,34,37,48H,18-27,30-32H2,1-2H3,(H2-,49,50,54,55,56,57)/p+1. The van der Waals surface area contributed by atoms with E-state index >= 15 is 0 Å². The number of carbonyl (C=O) groups excluding carboxylic acids is 2. The molecule has 2 bridgehead atoms. The van der Waals surface area contributed by atoms with E-state index in [1.807, 2.05) is 42.5 Å². The zero-order valence-electron chi connectivity index (χ0n) is 34.8. The van der Waals surface area contributed by atoms with Crippen LogP contribution in [0.15, 0.2) is 108 Å². The maximum atomic E-state index is 14.3. The van der Waals surface area contributed by atoms with E-state index in [0.717, 1.165) is 86.9 Å². The van der Waals surface area contributed by atoms with E-state index in [9.17, 15) is 28.1 Å². The Bertz CT molecular complexity index is 2410. The van der Waals surface area contributed by atoms with Crippen LogP contribution in [-0.4, -0.2) is 81.2 Å². The topological polar surface area (TPSA) is 160 Å². The van der Waals surface area contributed by atoms with Crippen molar-refractivity contribution in [3.8, 4) is 0 Å². The molecule has 2 saturated heterocycles. The van der Waals surface area contributed by atoms with Gasteiger partial charge >= 0.3 is 5.69 Å². The molecule has 13 nitrogen and oxygen atoms in total. The van der Waals surface area contributed by atoms with Gasteiger partial charge in [-0.25, -0.2) is 18.3 Å². The zero-order valence-corrected chi connectivity index (χ0v) is 35.6. The zero-order chi connectivity index (χ0) is 42.8. The Hall–Kier alpha value is -5.57. The number of sulfonamides is 1. The summed E-state index contributed by atoms with van der Waals surface area (Å²) in [6, 6.07) is 29.1. The predicted octanol–water partition coefficient (Wildman–Crippen LogP) is 6.90. The van der Waals surface area contributed by atoms with Gasteiger partial charge in [-0.05, 0) is 102 Å². The van der Waals surface area contributed by atoms with Crippen LogP contribution in [0.4, 0.5) is 17.1 Å². The lowest BCUT2D eigenvalue weighted by Gasteiger charge is -2.40. The maximum Gasteiger partial charge on any atom is 0.340 e. The average Bonchev–Trinajstić information content (AvgIpc) is 3.67. The average molecular weight is 848 g/mol. The van der Waals surface area contributed by atoms with Crippen LogP contribution in [0.2, 0.25) is 0 Å². The second kappa shape index (κ2) is 17.4. The maximum absolute atomic E-state index is 14.3. The van der Waals surface area contributed by atoms with E-state index in [0.29, 0.717) is 38.1 Å². The van der Waals surface area contributed by atoms with E-state index in [1.54, 1.807) is 12.1 Å².